The van der Waals surface area contributed by atoms with Crippen LogP contribution in [0, 0.1) is 35.4 Å². The molecule has 0 radical (unpaired) electrons. The van der Waals surface area contributed by atoms with E-state index >= 15 is 0 Å². The van der Waals surface area contributed by atoms with Crippen LogP contribution in [0.1, 0.15) is 74.0 Å². The lowest BCUT2D eigenvalue weighted by Gasteiger charge is -2.42. The number of halogens is 1. The molecule has 1 nitrogen and oxygen atoms in total. The van der Waals surface area contributed by atoms with E-state index in [0.717, 1.165) is 41.1 Å². The van der Waals surface area contributed by atoms with E-state index in [9.17, 15) is 4.39 Å². The van der Waals surface area contributed by atoms with Gasteiger partial charge in [-0.1, -0.05) is 43.1 Å². The molecule has 2 aliphatic carbocycles. The van der Waals surface area contributed by atoms with Gasteiger partial charge in [-0.15, -0.1) is 6.58 Å². The minimum absolute atomic E-state index is 0.207. The topological polar surface area (TPSA) is 9.23 Å². The Bertz CT molecular complexity index is 1010. The largest absolute Gasteiger partial charge is 0.490 e. The predicted octanol–water partition coefficient (Wildman–Crippen LogP) is 8.06. The monoisotopic (exact) mass is 442 g/mol. The van der Waals surface area contributed by atoms with Gasteiger partial charge in [-0.25, -0.2) is 4.39 Å². The van der Waals surface area contributed by atoms with Crippen molar-refractivity contribution in [3.05, 3.63) is 90.3 Å². The smallest absolute Gasteiger partial charge is 0.139 e. The Labute approximate surface area is 198 Å². The summed E-state index contributed by atoms with van der Waals surface area (Å²) in [6, 6.07) is 13.2. The highest BCUT2D eigenvalue weighted by Crippen LogP contribution is 2.48. The van der Waals surface area contributed by atoms with Crippen LogP contribution < -0.4 is 4.74 Å². The summed E-state index contributed by atoms with van der Waals surface area (Å²) in [7, 11) is 0. The maximum atomic E-state index is 14.9. The van der Waals surface area contributed by atoms with Crippen molar-refractivity contribution in [2.24, 2.45) is 17.8 Å². The molecular formula is C31H35FO. The Morgan fingerprint density at radius 3 is 2.45 bits per heavy atom. The van der Waals surface area contributed by atoms with Crippen molar-refractivity contribution in [2.45, 2.75) is 57.3 Å². The fourth-order valence-electron chi connectivity index (χ4n) is 5.72. The van der Waals surface area contributed by atoms with Crippen LogP contribution in [0.25, 0.3) is 0 Å². The summed E-state index contributed by atoms with van der Waals surface area (Å²) in [5.41, 5.74) is 2.45. The molecule has 0 saturated heterocycles. The summed E-state index contributed by atoms with van der Waals surface area (Å²) >= 11 is 0. The first-order chi connectivity index (χ1) is 16.2. The highest BCUT2D eigenvalue weighted by atomic mass is 19.1. The Morgan fingerprint density at radius 1 is 0.909 bits per heavy atom. The minimum Gasteiger partial charge on any atom is -0.490 e. The van der Waals surface area contributed by atoms with Gasteiger partial charge in [0.25, 0.3) is 0 Å². The van der Waals surface area contributed by atoms with Crippen molar-refractivity contribution in [1.29, 1.82) is 0 Å². The Hall–Kier alpha value is -2.79. The van der Waals surface area contributed by atoms with E-state index in [1.807, 2.05) is 30.3 Å². The minimum atomic E-state index is -0.207. The molecule has 0 spiro atoms. The predicted molar refractivity (Wildman–Crippen MR) is 135 cm³/mol. The summed E-state index contributed by atoms with van der Waals surface area (Å²) in [4.78, 5) is 0. The molecule has 4 rings (SSSR count). The molecule has 4 atom stereocenters. The lowest BCUT2D eigenvalue weighted by molar-refractivity contribution is 0.115. The third-order valence-electron chi connectivity index (χ3n) is 7.53. The van der Waals surface area contributed by atoms with Gasteiger partial charge >= 0.3 is 0 Å². The van der Waals surface area contributed by atoms with Crippen molar-refractivity contribution < 1.29 is 9.13 Å². The van der Waals surface area contributed by atoms with Crippen LogP contribution in [-0.2, 0) is 0 Å². The Balaban J connectivity index is 1.36. The summed E-state index contributed by atoms with van der Waals surface area (Å²) in [6.45, 7) is 7.99. The van der Waals surface area contributed by atoms with Gasteiger partial charge < -0.3 is 4.74 Å². The van der Waals surface area contributed by atoms with E-state index in [-0.39, 0.29) is 5.82 Å². The molecule has 2 aliphatic rings. The van der Waals surface area contributed by atoms with Crippen LogP contribution >= 0.6 is 0 Å². The van der Waals surface area contributed by atoms with E-state index in [1.54, 1.807) is 12.1 Å². The zero-order valence-electron chi connectivity index (χ0n) is 19.6. The highest BCUT2D eigenvalue weighted by Gasteiger charge is 2.35. The lowest BCUT2D eigenvalue weighted by atomic mass is 9.63. The number of ether oxygens (including phenoxy) is 1. The van der Waals surface area contributed by atoms with E-state index in [4.69, 9.17) is 4.74 Å². The van der Waals surface area contributed by atoms with Crippen LogP contribution in [0.5, 0.6) is 5.75 Å². The van der Waals surface area contributed by atoms with Crippen molar-refractivity contribution in [3.63, 3.8) is 0 Å². The Kier molecular flexibility index (Phi) is 8.05. The average molecular weight is 443 g/mol. The van der Waals surface area contributed by atoms with Gasteiger partial charge in [0.05, 0.1) is 5.56 Å². The van der Waals surface area contributed by atoms with Crippen molar-refractivity contribution in [3.8, 4) is 17.6 Å². The number of rotatable bonds is 7. The molecule has 2 heteroatoms. The molecule has 4 unspecified atom stereocenters. The van der Waals surface area contributed by atoms with Crippen molar-refractivity contribution in [1.82, 2.24) is 0 Å². The quantitative estimate of drug-likeness (QED) is 0.311. The van der Waals surface area contributed by atoms with Gasteiger partial charge in [-0.05, 0) is 111 Å². The first-order valence-corrected chi connectivity index (χ1v) is 12.4. The van der Waals surface area contributed by atoms with E-state index in [2.05, 4.69) is 37.1 Å². The molecule has 172 valence electrons. The molecule has 0 aliphatic heterocycles. The lowest BCUT2D eigenvalue weighted by Crippen LogP contribution is -2.30. The zero-order valence-corrected chi connectivity index (χ0v) is 19.6. The van der Waals surface area contributed by atoms with Gasteiger partial charge in [-0.2, -0.15) is 0 Å². The van der Waals surface area contributed by atoms with E-state index < -0.39 is 0 Å². The SMILES string of the molecule is C=CCCC1CCC2CC(c3ccc(C#Cc4ccc(OCC=C)cc4)c(F)c3)CCC2C1. The van der Waals surface area contributed by atoms with Crippen LogP contribution in [0.15, 0.2) is 67.8 Å². The van der Waals surface area contributed by atoms with E-state index in [1.165, 1.54) is 44.9 Å². The molecule has 0 amide bonds. The molecule has 0 heterocycles. The second-order valence-corrected chi connectivity index (χ2v) is 9.69. The summed E-state index contributed by atoms with van der Waals surface area (Å²) < 4.78 is 20.4. The summed E-state index contributed by atoms with van der Waals surface area (Å²) in [6.07, 6.45) is 14.0. The van der Waals surface area contributed by atoms with Gasteiger partial charge in [0, 0.05) is 5.56 Å². The number of hydrogen-bond donors (Lipinski definition) is 0. The fourth-order valence-corrected chi connectivity index (χ4v) is 5.72. The van der Waals surface area contributed by atoms with Crippen LogP contribution in [0.4, 0.5) is 4.39 Å². The molecule has 2 saturated carbocycles. The third kappa shape index (κ3) is 6.17. The molecule has 0 aromatic heterocycles. The third-order valence-corrected chi connectivity index (χ3v) is 7.53. The van der Waals surface area contributed by atoms with Crippen molar-refractivity contribution in [2.75, 3.05) is 6.61 Å². The average Bonchev–Trinajstić information content (AvgIpc) is 2.85. The van der Waals surface area contributed by atoms with Crippen LogP contribution in [0.2, 0.25) is 0 Å². The molecule has 2 fully saturated rings. The van der Waals surface area contributed by atoms with Crippen molar-refractivity contribution >= 4 is 0 Å². The van der Waals surface area contributed by atoms with Gasteiger partial charge in [0.2, 0.25) is 0 Å². The standard InChI is InChI=1S/C31H35FO/c1-3-5-6-24-8-12-27-21-28(16-15-26(27)20-24)29-14-13-25(31(32)22-29)11-7-23-9-17-30(18-10-23)33-19-4-2/h3-4,9-10,13-14,17-18,22,24,26-28H,1-2,5-6,8,12,15-16,19-21H2. The normalized spacial score (nSPS) is 24.2. The maximum Gasteiger partial charge on any atom is 0.139 e. The number of allylic oxidation sites excluding steroid dienone is 1. The molecule has 0 N–H and O–H groups in total. The fraction of sp³-hybridized carbons (Fsp3) is 0.419. The van der Waals surface area contributed by atoms with Gasteiger partial charge in [0.1, 0.15) is 18.2 Å². The van der Waals surface area contributed by atoms with Gasteiger partial charge in [-0.3, -0.25) is 0 Å². The molecule has 0 bridgehead atoms. The highest BCUT2D eigenvalue weighted by molar-refractivity contribution is 5.45. The summed E-state index contributed by atoms with van der Waals surface area (Å²) in [5, 5.41) is 0. The number of hydrogen-bond acceptors (Lipinski definition) is 1. The second kappa shape index (κ2) is 11.4. The second-order valence-electron chi connectivity index (χ2n) is 9.69. The van der Waals surface area contributed by atoms with E-state index in [0.29, 0.717) is 18.1 Å². The van der Waals surface area contributed by atoms with Crippen LogP contribution in [0.3, 0.4) is 0 Å². The Morgan fingerprint density at radius 2 is 1.70 bits per heavy atom. The molecule has 33 heavy (non-hydrogen) atoms. The molecule has 2 aromatic rings. The number of fused-ring (bicyclic) bond motifs is 1. The number of benzene rings is 2. The zero-order chi connectivity index (χ0) is 23.0. The molecule has 2 aromatic carbocycles. The summed E-state index contributed by atoms with van der Waals surface area (Å²) in [5.74, 6) is 9.68. The van der Waals surface area contributed by atoms with Gasteiger partial charge in [0.15, 0.2) is 0 Å². The van der Waals surface area contributed by atoms with Crippen LogP contribution in [-0.4, -0.2) is 6.61 Å². The maximum absolute atomic E-state index is 14.9. The molecular weight excluding hydrogens is 407 g/mol. The first kappa shape index (κ1) is 23.4. The first-order valence-electron chi connectivity index (χ1n) is 12.4.